The van der Waals surface area contributed by atoms with Gasteiger partial charge < -0.3 is 9.73 Å². The predicted octanol–water partition coefficient (Wildman–Crippen LogP) is 2.26. The van der Waals surface area contributed by atoms with Crippen LogP contribution in [0.3, 0.4) is 0 Å². The summed E-state index contributed by atoms with van der Waals surface area (Å²) in [6.45, 7) is 3.77. The Bertz CT molecular complexity index is 608. The monoisotopic (exact) mass is 283 g/mol. The van der Waals surface area contributed by atoms with Crippen molar-refractivity contribution in [3.8, 4) is 0 Å². The summed E-state index contributed by atoms with van der Waals surface area (Å²) in [4.78, 5) is 21.7. The number of hydrogen-bond donors (Lipinski definition) is 1. The highest BCUT2D eigenvalue weighted by molar-refractivity contribution is 6.31. The maximum absolute atomic E-state index is 10.9. The normalized spacial score (nSPS) is 10.5. The van der Waals surface area contributed by atoms with Crippen molar-refractivity contribution < 1.29 is 9.34 Å². The van der Waals surface area contributed by atoms with E-state index >= 15 is 0 Å². The Kier molecular flexibility index (Phi) is 3.61. The molecule has 0 spiro atoms. The molecular weight excluding hydrogens is 274 g/mol. The lowest BCUT2D eigenvalue weighted by atomic mass is 10.4. The Balaban J connectivity index is 2.20. The lowest BCUT2D eigenvalue weighted by molar-refractivity contribution is -0.384. The Morgan fingerprint density at radius 3 is 2.79 bits per heavy atom. The summed E-state index contributed by atoms with van der Waals surface area (Å²) in [6.07, 6.45) is 1.14. The minimum absolute atomic E-state index is 0.0264. The molecule has 0 saturated heterocycles. The van der Waals surface area contributed by atoms with Gasteiger partial charge in [-0.1, -0.05) is 11.6 Å². The molecule has 0 saturated carbocycles. The second kappa shape index (κ2) is 5.19. The van der Waals surface area contributed by atoms with Gasteiger partial charge in [0, 0.05) is 0 Å². The van der Waals surface area contributed by atoms with Gasteiger partial charge in [0.1, 0.15) is 12.1 Å². The zero-order valence-corrected chi connectivity index (χ0v) is 10.9. The predicted molar refractivity (Wildman–Crippen MR) is 67.0 cm³/mol. The number of rotatable bonds is 4. The zero-order valence-electron chi connectivity index (χ0n) is 10.2. The summed E-state index contributed by atoms with van der Waals surface area (Å²) < 4.78 is 5.35. The van der Waals surface area contributed by atoms with Crippen molar-refractivity contribution in [2.24, 2.45) is 0 Å². The van der Waals surface area contributed by atoms with Crippen LogP contribution in [0.2, 0.25) is 5.15 Å². The topological polar surface area (TPSA) is 107 Å². The fraction of sp³-hybridized carbons (Fsp3) is 0.300. The van der Waals surface area contributed by atoms with E-state index < -0.39 is 4.92 Å². The van der Waals surface area contributed by atoms with E-state index in [1.807, 2.05) is 6.92 Å². The van der Waals surface area contributed by atoms with Crippen LogP contribution in [0, 0.1) is 24.0 Å². The molecule has 2 aromatic rings. The number of halogens is 1. The molecule has 1 N–H and O–H groups in total. The molecule has 0 unspecified atom stereocenters. The lowest BCUT2D eigenvalue weighted by Gasteiger charge is -2.03. The molecule has 2 rings (SSSR count). The van der Waals surface area contributed by atoms with Crippen molar-refractivity contribution in [2.75, 3.05) is 5.32 Å². The molecule has 0 aliphatic heterocycles. The van der Waals surface area contributed by atoms with Gasteiger partial charge in [-0.25, -0.2) is 15.0 Å². The van der Waals surface area contributed by atoms with Crippen LogP contribution < -0.4 is 5.32 Å². The van der Waals surface area contributed by atoms with E-state index in [0.717, 1.165) is 12.0 Å². The summed E-state index contributed by atoms with van der Waals surface area (Å²) in [5.41, 5.74) is 0.399. The van der Waals surface area contributed by atoms with Crippen molar-refractivity contribution in [3.63, 3.8) is 0 Å². The molecule has 0 atom stereocenters. The fourth-order valence-electron chi connectivity index (χ4n) is 1.42. The van der Waals surface area contributed by atoms with Crippen LogP contribution in [0.5, 0.6) is 0 Å². The molecule has 8 nitrogen and oxygen atoms in total. The van der Waals surface area contributed by atoms with Crippen LogP contribution in [0.15, 0.2) is 10.7 Å². The molecule has 2 heterocycles. The summed E-state index contributed by atoms with van der Waals surface area (Å²) >= 11 is 5.66. The summed E-state index contributed by atoms with van der Waals surface area (Å²) in [6, 6.07) is 0. The lowest BCUT2D eigenvalue weighted by Crippen LogP contribution is -2.06. The van der Waals surface area contributed by atoms with Crippen LogP contribution >= 0.6 is 11.6 Å². The first kappa shape index (κ1) is 13.2. The molecule has 0 aliphatic carbocycles. The molecule has 0 radical (unpaired) electrons. The van der Waals surface area contributed by atoms with Gasteiger partial charge in [0.25, 0.3) is 0 Å². The Morgan fingerprint density at radius 2 is 2.21 bits per heavy atom. The van der Waals surface area contributed by atoms with Gasteiger partial charge in [-0.15, -0.1) is 0 Å². The minimum atomic E-state index is -0.642. The van der Waals surface area contributed by atoms with Gasteiger partial charge in [0.15, 0.2) is 0 Å². The molecule has 0 aliphatic rings. The Labute approximate surface area is 113 Å². The molecule has 0 bridgehead atoms. The maximum Gasteiger partial charge on any atom is 0.348 e. The van der Waals surface area contributed by atoms with Crippen LogP contribution in [-0.2, 0) is 6.54 Å². The fourth-order valence-corrected chi connectivity index (χ4v) is 1.62. The number of hydrogen-bond acceptors (Lipinski definition) is 7. The average Bonchev–Trinajstić information content (AvgIpc) is 2.65. The van der Waals surface area contributed by atoms with Gasteiger partial charge in [0.05, 0.1) is 17.2 Å². The number of aryl methyl sites for hydroxylation is 2. The van der Waals surface area contributed by atoms with Crippen LogP contribution in [0.1, 0.15) is 17.3 Å². The average molecular weight is 284 g/mol. The second-order valence-corrected chi connectivity index (χ2v) is 4.08. The number of nitrogens with one attached hydrogen (secondary N) is 1. The van der Waals surface area contributed by atoms with Crippen molar-refractivity contribution in [2.45, 2.75) is 20.4 Å². The molecular formula is C10H10ClN5O3. The third-order valence-electron chi connectivity index (χ3n) is 2.44. The molecule has 0 aromatic carbocycles. The number of oxazole rings is 1. The number of nitro groups is 1. The van der Waals surface area contributed by atoms with Crippen molar-refractivity contribution >= 4 is 23.1 Å². The van der Waals surface area contributed by atoms with Gasteiger partial charge in [-0.05, 0) is 13.8 Å². The molecule has 0 amide bonds. The number of anilines is 1. The van der Waals surface area contributed by atoms with E-state index in [9.17, 15) is 10.1 Å². The smallest absolute Gasteiger partial charge is 0.348 e. The summed E-state index contributed by atoms with van der Waals surface area (Å²) in [7, 11) is 0. The highest BCUT2D eigenvalue weighted by atomic mass is 35.5. The first-order chi connectivity index (χ1) is 8.99. The Morgan fingerprint density at radius 1 is 1.47 bits per heavy atom. The van der Waals surface area contributed by atoms with Gasteiger partial charge in [-0.3, -0.25) is 10.1 Å². The first-order valence-electron chi connectivity index (χ1n) is 5.30. The van der Waals surface area contributed by atoms with E-state index in [-0.39, 0.29) is 23.2 Å². The van der Waals surface area contributed by atoms with Crippen molar-refractivity contribution in [3.05, 3.63) is 38.9 Å². The molecule has 19 heavy (non-hydrogen) atoms. The Hall–Kier alpha value is -2.22. The maximum atomic E-state index is 10.9. The van der Waals surface area contributed by atoms with E-state index in [1.165, 1.54) is 0 Å². The molecule has 2 aromatic heterocycles. The number of aromatic nitrogens is 3. The molecule has 9 heteroatoms. The van der Waals surface area contributed by atoms with Gasteiger partial charge in [0.2, 0.25) is 16.9 Å². The second-order valence-electron chi connectivity index (χ2n) is 3.72. The third kappa shape index (κ3) is 2.79. The van der Waals surface area contributed by atoms with Gasteiger partial charge in [-0.2, -0.15) is 0 Å². The highest BCUT2D eigenvalue weighted by Crippen LogP contribution is 2.28. The molecule has 0 fully saturated rings. The van der Waals surface area contributed by atoms with E-state index in [2.05, 4.69) is 20.3 Å². The summed E-state index contributed by atoms with van der Waals surface area (Å²) in [5, 5.41) is 13.4. The van der Waals surface area contributed by atoms with E-state index in [4.69, 9.17) is 16.0 Å². The zero-order chi connectivity index (χ0) is 14.0. The minimum Gasteiger partial charge on any atom is -0.444 e. The standard InChI is InChI=1S/C10H10ClN5O3/c1-5-6(2)19-7(15-5)3-12-10-8(16(17)18)9(11)13-4-14-10/h4H,3H2,1-2H3,(H,12,13,14). The van der Waals surface area contributed by atoms with E-state index in [0.29, 0.717) is 11.7 Å². The third-order valence-corrected chi connectivity index (χ3v) is 2.72. The summed E-state index contributed by atoms with van der Waals surface area (Å²) in [5.74, 6) is 1.14. The van der Waals surface area contributed by atoms with Crippen LogP contribution in [0.25, 0.3) is 0 Å². The van der Waals surface area contributed by atoms with E-state index in [1.54, 1.807) is 6.92 Å². The molecule has 100 valence electrons. The SMILES string of the molecule is Cc1nc(CNc2ncnc(Cl)c2[N+](=O)[O-])oc1C. The van der Waals surface area contributed by atoms with Crippen molar-refractivity contribution in [1.29, 1.82) is 0 Å². The van der Waals surface area contributed by atoms with Crippen LogP contribution in [-0.4, -0.2) is 19.9 Å². The number of nitrogens with zero attached hydrogens (tertiary/aromatic N) is 4. The first-order valence-corrected chi connectivity index (χ1v) is 5.68. The van der Waals surface area contributed by atoms with Crippen molar-refractivity contribution in [1.82, 2.24) is 15.0 Å². The van der Waals surface area contributed by atoms with Gasteiger partial charge >= 0.3 is 5.69 Å². The quantitative estimate of drug-likeness (QED) is 0.521. The van der Waals surface area contributed by atoms with Crippen LogP contribution in [0.4, 0.5) is 11.5 Å². The highest BCUT2D eigenvalue weighted by Gasteiger charge is 2.21. The largest absolute Gasteiger partial charge is 0.444 e.